The molecule has 1 unspecified atom stereocenters. The number of aromatic nitrogens is 3. The number of benzene rings is 3. The number of furan rings is 1. The van der Waals surface area contributed by atoms with Gasteiger partial charge in [0.2, 0.25) is 11.7 Å². The fraction of sp³-hybridized carbons (Fsp3) is 0.226. The number of fused-ring (bicyclic) bond motifs is 1. The van der Waals surface area contributed by atoms with Crippen LogP contribution in [0.4, 0.5) is 0 Å². The molecular weight excluding hydrogens is 522 g/mol. The van der Waals surface area contributed by atoms with Crippen LogP contribution in [-0.2, 0) is 4.79 Å². The molecule has 1 saturated heterocycles. The fourth-order valence-electron chi connectivity index (χ4n) is 5.05. The van der Waals surface area contributed by atoms with E-state index >= 15 is 0 Å². The van der Waals surface area contributed by atoms with Crippen LogP contribution in [0.15, 0.2) is 94.7 Å². The van der Waals surface area contributed by atoms with Crippen molar-refractivity contribution in [3.63, 3.8) is 0 Å². The van der Waals surface area contributed by atoms with Gasteiger partial charge in [-0.05, 0) is 61.0 Å². The molecule has 6 rings (SSSR count). The maximum atomic E-state index is 13.3. The molecule has 3 aromatic carbocycles. The number of nitrogens with zero attached hydrogens (tertiary/aromatic N) is 5. The summed E-state index contributed by atoms with van der Waals surface area (Å²) in [4.78, 5) is 30.3. The first-order valence-electron chi connectivity index (χ1n) is 13.2. The molecule has 0 N–H and O–H groups in total. The Morgan fingerprint density at radius 1 is 0.950 bits per heavy atom. The molecule has 40 heavy (non-hydrogen) atoms. The van der Waals surface area contributed by atoms with Gasteiger partial charge >= 0.3 is 0 Å². The third-order valence-electron chi connectivity index (χ3n) is 7.23. The van der Waals surface area contributed by atoms with E-state index in [0.29, 0.717) is 41.9 Å². The minimum absolute atomic E-state index is 0.00335. The van der Waals surface area contributed by atoms with Crippen molar-refractivity contribution in [3.05, 3.63) is 96.3 Å². The molecule has 1 fully saturated rings. The molecule has 0 bridgehead atoms. The Labute approximate surface area is 236 Å². The summed E-state index contributed by atoms with van der Waals surface area (Å²) in [5, 5.41) is 11.5. The van der Waals surface area contributed by atoms with Gasteiger partial charge in [0.1, 0.15) is 0 Å². The van der Waals surface area contributed by atoms with E-state index in [1.54, 1.807) is 6.26 Å². The summed E-state index contributed by atoms with van der Waals surface area (Å²) in [5.74, 6) is 1.41. The Morgan fingerprint density at radius 3 is 2.50 bits per heavy atom. The van der Waals surface area contributed by atoms with E-state index in [1.807, 2.05) is 107 Å². The molecule has 0 aliphatic carbocycles. The quantitative estimate of drug-likeness (QED) is 0.261. The first kappa shape index (κ1) is 25.9. The first-order valence-corrected chi connectivity index (χ1v) is 14.2. The van der Waals surface area contributed by atoms with E-state index in [0.717, 1.165) is 22.0 Å². The SMILES string of the molecule is Cc1ccc(-n2c(SCC(=O)N3CCN(C(=O)c4ccc5ccccc5c4)C(C)C3)nnc2-c2ccco2)cc1. The lowest BCUT2D eigenvalue weighted by Gasteiger charge is -2.40. The molecule has 1 aliphatic rings. The van der Waals surface area contributed by atoms with Crippen LogP contribution in [0.3, 0.4) is 0 Å². The highest BCUT2D eigenvalue weighted by molar-refractivity contribution is 7.99. The zero-order valence-corrected chi connectivity index (χ0v) is 23.2. The van der Waals surface area contributed by atoms with Gasteiger partial charge in [-0.1, -0.05) is 59.8 Å². The van der Waals surface area contributed by atoms with Crippen LogP contribution in [0.2, 0.25) is 0 Å². The van der Waals surface area contributed by atoms with Gasteiger partial charge in [0.15, 0.2) is 10.9 Å². The number of aryl methyl sites for hydroxylation is 1. The van der Waals surface area contributed by atoms with Gasteiger partial charge in [-0.2, -0.15) is 0 Å². The highest BCUT2D eigenvalue weighted by Gasteiger charge is 2.31. The summed E-state index contributed by atoms with van der Waals surface area (Å²) >= 11 is 1.35. The Kier molecular flexibility index (Phi) is 7.13. The van der Waals surface area contributed by atoms with Crippen LogP contribution in [0.5, 0.6) is 0 Å². The van der Waals surface area contributed by atoms with Crippen molar-refractivity contribution >= 4 is 34.3 Å². The number of carbonyl (C=O) groups is 2. The third-order valence-corrected chi connectivity index (χ3v) is 8.14. The van der Waals surface area contributed by atoms with Crippen molar-refractivity contribution in [2.45, 2.75) is 25.0 Å². The number of rotatable bonds is 6. The molecular formula is C31H29N5O3S. The number of hydrogen-bond acceptors (Lipinski definition) is 6. The van der Waals surface area contributed by atoms with E-state index < -0.39 is 0 Å². The van der Waals surface area contributed by atoms with Crippen LogP contribution in [0, 0.1) is 6.92 Å². The Balaban J connectivity index is 1.13. The van der Waals surface area contributed by atoms with E-state index in [9.17, 15) is 9.59 Å². The van der Waals surface area contributed by atoms with Crippen LogP contribution >= 0.6 is 11.8 Å². The number of thioether (sulfide) groups is 1. The van der Waals surface area contributed by atoms with Crippen molar-refractivity contribution in [2.24, 2.45) is 0 Å². The average molecular weight is 552 g/mol. The fourth-order valence-corrected chi connectivity index (χ4v) is 5.90. The monoisotopic (exact) mass is 551 g/mol. The van der Waals surface area contributed by atoms with E-state index in [2.05, 4.69) is 10.2 Å². The Morgan fingerprint density at radius 2 is 1.75 bits per heavy atom. The molecule has 0 saturated carbocycles. The molecule has 0 radical (unpaired) electrons. The van der Waals surface area contributed by atoms with Gasteiger partial charge < -0.3 is 14.2 Å². The number of carbonyl (C=O) groups excluding carboxylic acids is 2. The summed E-state index contributed by atoms with van der Waals surface area (Å²) in [6, 6.07) is 25.5. The molecule has 202 valence electrons. The second-order valence-electron chi connectivity index (χ2n) is 9.99. The Hall–Kier alpha value is -4.37. The van der Waals surface area contributed by atoms with Crippen molar-refractivity contribution in [3.8, 4) is 17.3 Å². The topological polar surface area (TPSA) is 84.5 Å². The average Bonchev–Trinajstić information content (AvgIpc) is 3.66. The lowest BCUT2D eigenvalue weighted by atomic mass is 10.0. The molecule has 3 heterocycles. The summed E-state index contributed by atoms with van der Waals surface area (Å²) in [5.41, 5.74) is 2.71. The second-order valence-corrected chi connectivity index (χ2v) is 10.9. The molecule has 8 nitrogen and oxygen atoms in total. The molecule has 5 aromatic rings. The van der Waals surface area contributed by atoms with Crippen LogP contribution in [-0.4, -0.2) is 67.8 Å². The zero-order chi connectivity index (χ0) is 27.6. The lowest BCUT2D eigenvalue weighted by Crippen LogP contribution is -2.55. The molecule has 2 amide bonds. The van der Waals surface area contributed by atoms with Crippen molar-refractivity contribution < 1.29 is 14.0 Å². The molecule has 1 atom stereocenters. The molecule has 0 spiro atoms. The van der Waals surface area contributed by atoms with Gasteiger partial charge in [-0.15, -0.1) is 10.2 Å². The Bertz CT molecular complexity index is 1660. The first-order chi connectivity index (χ1) is 19.5. The van der Waals surface area contributed by atoms with Gasteiger partial charge in [0.05, 0.1) is 12.0 Å². The normalized spacial score (nSPS) is 15.5. The maximum absolute atomic E-state index is 13.3. The van der Waals surface area contributed by atoms with Crippen molar-refractivity contribution in [2.75, 3.05) is 25.4 Å². The summed E-state index contributed by atoms with van der Waals surface area (Å²) < 4.78 is 7.51. The lowest BCUT2D eigenvalue weighted by molar-refractivity contribution is -0.130. The van der Waals surface area contributed by atoms with E-state index in [-0.39, 0.29) is 23.6 Å². The number of amides is 2. The highest BCUT2D eigenvalue weighted by atomic mass is 32.2. The second kappa shape index (κ2) is 11.0. The summed E-state index contributed by atoms with van der Waals surface area (Å²) in [6.07, 6.45) is 1.60. The summed E-state index contributed by atoms with van der Waals surface area (Å²) in [7, 11) is 0. The number of piperazine rings is 1. The zero-order valence-electron chi connectivity index (χ0n) is 22.4. The molecule has 1 aliphatic heterocycles. The van der Waals surface area contributed by atoms with Gasteiger partial charge in [-0.25, -0.2) is 0 Å². The van der Waals surface area contributed by atoms with Crippen LogP contribution < -0.4 is 0 Å². The van der Waals surface area contributed by atoms with Crippen molar-refractivity contribution in [1.29, 1.82) is 0 Å². The minimum Gasteiger partial charge on any atom is -0.461 e. The standard InChI is InChI=1S/C31H29N5O3S/c1-21-9-13-26(14-10-21)36-29(27-8-5-17-39-27)32-33-31(36)40-20-28(37)34-15-16-35(22(2)19-34)30(38)25-12-11-23-6-3-4-7-24(23)18-25/h3-14,17-18,22H,15-16,19-20H2,1-2H3. The maximum Gasteiger partial charge on any atom is 0.254 e. The van der Waals surface area contributed by atoms with Gasteiger partial charge in [-0.3, -0.25) is 14.2 Å². The molecule has 2 aromatic heterocycles. The smallest absolute Gasteiger partial charge is 0.254 e. The van der Waals surface area contributed by atoms with Gasteiger partial charge in [0.25, 0.3) is 5.91 Å². The highest BCUT2D eigenvalue weighted by Crippen LogP contribution is 2.29. The van der Waals surface area contributed by atoms with Crippen molar-refractivity contribution in [1.82, 2.24) is 24.6 Å². The van der Waals surface area contributed by atoms with E-state index in [1.165, 1.54) is 11.8 Å². The van der Waals surface area contributed by atoms with Gasteiger partial charge in [0, 0.05) is 36.9 Å². The van der Waals surface area contributed by atoms with Crippen LogP contribution in [0.1, 0.15) is 22.8 Å². The largest absolute Gasteiger partial charge is 0.461 e. The number of hydrogen-bond donors (Lipinski definition) is 0. The molecule has 9 heteroatoms. The minimum atomic E-state index is -0.0940. The van der Waals surface area contributed by atoms with E-state index in [4.69, 9.17) is 4.42 Å². The third kappa shape index (κ3) is 5.12. The predicted molar refractivity (Wildman–Crippen MR) is 156 cm³/mol. The van der Waals surface area contributed by atoms with Crippen LogP contribution in [0.25, 0.3) is 28.0 Å². The summed E-state index contributed by atoms with van der Waals surface area (Å²) in [6.45, 7) is 5.50. The predicted octanol–water partition coefficient (Wildman–Crippen LogP) is 5.45.